The van der Waals surface area contributed by atoms with Gasteiger partial charge in [-0.25, -0.2) is 0 Å². The molecule has 1 nitrogen and oxygen atoms in total. The minimum Gasteiger partial charge on any atom is -0.324 e. The molecule has 11 heavy (non-hydrogen) atoms. The van der Waals surface area contributed by atoms with Crippen molar-refractivity contribution < 1.29 is 0 Å². The number of nitrogens with two attached hydrogens (primary N) is 1. The van der Waals surface area contributed by atoms with E-state index in [1.807, 2.05) is 0 Å². The zero-order valence-electron chi connectivity index (χ0n) is 7.64. The van der Waals surface area contributed by atoms with Crippen LogP contribution in [-0.4, -0.2) is 6.04 Å². The topological polar surface area (TPSA) is 26.0 Å². The Balaban J connectivity index is 2.42. The fourth-order valence-electron chi connectivity index (χ4n) is 1.65. The maximum atomic E-state index is 5.75. The highest BCUT2D eigenvalue weighted by Crippen LogP contribution is 2.26. The Hall–Kier alpha value is -0.300. The molecule has 1 atom stereocenters. The van der Waals surface area contributed by atoms with Gasteiger partial charge < -0.3 is 5.73 Å². The monoisotopic (exact) mass is 153 g/mol. The van der Waals surface area contributed by atoms with Crippen molar-refractivity contribution in [2.75, 3.05) is 0 Å². The minimum absolute atomic E-state index is 0.246. The predicted octanol–water partition coefficient (Wildman–Crippen LogP) is 2.47. The summed E-state index contributed by atoms with van der Waals surface area (Å²) >= 11 is 0. The van der Waals surface area contributed by atoms with Gasteiger partial charge >= 0.3 is 0 Å². The van der Waals surface area contributed by atoms with Gasteiger partial charge in [0.15, 0.2) is 0 Å². The van der Waals surface area contributed by atoms with Crippen molar-refractivity contribution in [1.82, 2.24) is 0 Å². The van der Waals surface area contributed by atoms with Crippen LogP contribution in [0.2, 0.25) is 0 Å². The molecule has 0 aromatic rings. The van der Waals surface area contributed by atoms with E-state index in [2.05, 4.69) is 19.9 Å². The molecule has 1 rings (SSSR count). The number of rotatable bonds is 2. The van der Waals surface area contributed by atoms with Gasteiger partial charge in [-0.05, 0) is 32.6 Å². The van der Waals surface area contributed by atoms with Crippen LogP contribution in [0.1, 0.15) is 39.5 Å². The van der Waals surface area contributed by atoms with E-state index < -0.39 is 0 Å². The van der Waals surface area contributed by atoms with Crippen LogP contribution in [0.4, 0.5) is 0 Å². The first-order valence-corrected chi connectivity index (χ1v) is 4.64. The van der Waals surface area contributed by atoms with E-state index in [1.165, 1.54) is 31.3 Å². The van der Waals surface area contributed by atoms with E-state index in [0.29, 0.717) is 0 Å². The van der Waals surface area contributed by atoms with Crippen LogP contribution in [0, 0.1) is 5.92 Å². The Labute approximate surface area is 69.7 Å². The van der Waals surface area contributed by atoms with Crippen molar-refractivity contribution in [3.05, 3.63) is 11.6 Å². The van der Waals surface area contributed by atoms with Gasteiger partial charge in [0.25, 0.3) is 0 Å². The summed E-state index contributed by atoms with van der Waals surface area (Å²) in [6.45, 7) is 4.20. The van der Waals surface area contributed by atoms with Gasteiger partial charge in [-0.1, -0.05) is 24.5 Å². The summed E-state index contributed by atoms with van der Waals surface area (Å²) in [5.41, 5.74) is 7.10. The summed E-state index contributed by atoms with van der Waals surface area (Å²) in [6.07, 6.45) is 7.95. The molecule has 1 aliphatic carbocycles. The second-order valence-electron chi connectivity index (χ2n) is 3.74. The van der Waals surface area contributed by atoms with Crippen molar-refractivity contribution in [3.63, 3.8) is 0 Å². The average molecular weight is 153 g/mol. The quantitative estimate of drug-likeness (QED) is 0.606. The van der Waals surface area contributed by atoms with E-state index in [4.69, 9.17) is 5.73 Å². The van der Waals surface area contributed by atoms with Crippen molar-refractivity contribution in [2.45, 2.75) is 45.6 Å². The molecule has 0 heterocycles. The van der Waals surface area contributed by atoms with E-state index in [1.54, 1.807) is 0 Å². The summed E-state index contributed by atoms with van der Waals surface area (Å²) in [7, 11) is 0. The third-order valence-electron chi connectivity index (χ3n) is 2.62. The minimum atomic E-state index is 0.246. The average Bonchev–Trinajstić information content (AvgIpc) is 2.39. The molecule has 0 amide bonds. The second-order valence-corrected chi connectivity index (χ2v) is 3.74. The first-order chi connectivity index (χ1) is 5.20. The smallest absolute Gasteiger partial charge is 0.0222 e. The van der Waals surface area contributed by atoms with Gasteiger partial charge in [0, 0.05) is 6.04 Å². The maximum absolute atomic E-state index is 5.75. The molecule has 1 unspecified atom stereocenters. The molecule has 0 aliphatic heterocycles. The van der Waals surface area contributed by atoms with Gasteiger partial charge in [0.05, 0.1) is 0 Å². The molecule has 0 spiro atoms. The highest BCUT2D eigenvalue weighted by molar-refractivity contribution is 5.07. The van der Waals surface area contributed by atoms with E-state index in [0.717, 1.165) is 5.92 Å². The van der Waals surface area contributed by atoms with E-state index in [-0.39, 0.29) is 6.04 Å². The Morgan fingerprint density at radius 2 is 2.00 bits per heavy atom. The van der Waals surface area contributed by atoms with Crippen molar-refractivity contribution in [1.29, 1.82) is 0 Å². The molecule has 64 valence electrons. The summed E-state index contributed by atoms with van der Waals surface area (Å²) in [4.78, 5) is 0. The van der Waals surface area contributed by atoms with Crippen LogP contribution in [0.5, 0.6) is 0 Å². The first-order valence-electron chi connectivity index (χ1n) is 4.64. The first kappa shape index (κ1) is 8.79. The molecule has 2 N–H and O–H groups in total. The van der Waals surface area contributed by atoms with Gasteiger partial charge in [0.1, 0.15) is 0 Å². The fraction of sp³-hybridized carbons (Fsp3) is 0.800. The molecule has 1 aliphatic rings. The predicted molar refractivity (Wildman–Crippen MR) is 49.4 cm³/mol. The lowest BCUT2D eigenvalue weighted by Crippen LogP contribution is -2.16. The van der Waals surface area contributed by atoms with Crippen LogP contribution in [0.25, 0.3) is 0 Å². The third-order valence-corrected chi connectivity index (χ3v) is 2.62. The molecule has 1 saturated carbocycles. The van der Waals surface area contributed by atoms with Gasteiger partial charge in [-0.2, -0.15) is 0 Å². The SMILES string of the molecule is CC(=CC1CCCC1)C(C)N. The van der Waals surface area contributed by atoms with E-state index >= 15 is 0 Å². The standard InChI is InChI=1S/C10H19N/c1-8(9(2)11)7-10-5-3-4-6-10/h7,9-10H,3-6,11H2,1-2H3. The van der Waals surface area contributed by atoms with E-state index in [9.17, 15) is 0 Å². The van der Waals surface area contributed by atoms with Gasteiger partial charge in [-0.3, -0.25) is 0 Å². The lowest BCUT2D eigenvalue weighted by molar-refractivity contribution is 0.670. The third kappa shape index (κ3) is 2.66. The maximum Gasteiger partial charge on any atom is 0.0222 e. The molecule has 0 radical (unpaired) electrons. The van der Waals surface area contributed by atoms with Crippen molar-refractivity contribution in [3.8, 4) is 0 Å². The van der Waals surface area contributed by atoms with Crippen LogP contribution < -0.4 is 5.73 Å². The highest BCUT2D eigenvalue weighted by Gasteiger charge is 2.12. The molecule has 0 aromatic carbocycles. The van der Waals surface area contributed by atoms with Crippen LogP contribution in [0.15, 0.2) is 11.6 Å². The van der Waals surface area contributed by atoms with Gasteiger partial charge in [0.2, 0.25) is 0 Å². The molecule has 0 bridgehead atoms. The Kier molecular flexibility index (Phi) is 3.13. The van der Waals surface area contributed by atoms with Gasteiger partial charge in [-0.15, -0.1) is 0 Å². The lowest BCUT2D eigenvalue weighted by atomic mass is 10.0. The molecule has 1 heteroatoms. The largest absolute Gasteiger partial charge is 0.324 e. The number of allylic oxidation sites excluding steroid dienone is 1. The van der Waals surface area contributed by atoms with Crippen molar-refractivity contribution in [2.24, 2.45) is 11.7 Å². The zero-order chi connectivity index (χ0) is 8.27. The fourth-order valence-corrected chi connectivity index (χ4v) is 1.65. The van der Waals surface area contributed by atoms with Crippen LogP contribution >= 0.6 is 0 Å². The van der Waals surface area contributed by atoms with Crippen molar-refractivity contribution >= 4 is 0 Å². The molecular weight excluding hydrogens is 134 g/mol. The Morgan fingerprint density at radius 3 is 2.45 bits per heavy atom. The van der Waals surface area contributed by atoms with Crippen LogP contribution in [0.3, 0.4) is 0 Å². The normalized spacial score (nSPS) is 24.1. The Morgan fingerprint density at radius 1 is 1.45 bits per heavy atom. The number of hydrogen-bond acceptors (Lipinski definition) is 1. The summed E-state index contributed by atoms with van der Waals surface area (Å²) in [5.74, 6) is 0.834. The lowest BCUT2D eigenvalue weighted by Gasteiger charge is -2.08. The second kappa shape index (κ2) is 3.91. The molecule has 0 aromatic heterocycles. The molecule has 1 fully saturated rings. The molecular formula is C10H19N. The van der Waals surface area contributed by atoms with Crippen LogP contribution in [-0.2, 0) is 0 Å². The highest BCUT2D eigenvalue weighted by atomic mass is 14.6. The summed E-state index contributed by atoms with van der Waals surface area (Å²) in [6, 6.07) is 0.246. The zero-order valence-corrected chi connectivity index (χ0v) is 7.64. The molecule has 0 saturated heterocycles. The Bertz CT molecular complexity index is 141. The summed E-state index contributed by atoms with van der Waals surface area (Å²) < 4.78 is 0. The number of hydrogen-bond donors (Lipinski definition) is 1. The summed E-state index contributed by atoms with van der Waals surface area (Å²) in [5, 5.41) is 0.